The van der Waals surface area contributed by atoms with Gasteiger partial charge in [0.05, 0.1) is 17.7 Å². The smallest absolute Gasteiger partial charge is 0.137 e. The fourth-order valence-corrected chi connectivity index (χ4v) is 10.1. The zero-order chi connectivity index (χ0) is 51.1. The van der Waals surface area contributed by atoms with Crippen molar-refractivity contribution in [2.75, 3.05) is 16.5 Å². The number of anilines is 2. The molecule has 0 amide bonds. The number of rotatable bonds is 9. The third-order valence-electron chi connectivity index (χ3n) is 15.1. The number of pyridine rings is 1. The molecular formula is C66H76N4O. The van der Waals surface area contributed by atoms with Gasteiger partial charge < -0.3 is 14.5 Å². The lowest BCUT2D eigenvalue weighted by molar-refractivity contribution is 0.477. The van der Waals surface area contributed by atoms with E-state index in [1.165, 1.54) is 55.7 Å². The normalized spacial score (nSPS) is 14.2. The Balaban J connectivity index is 1.16. The van der Waals surface area contributed by atoms with Crippen LogP contribution in [0.5, 0.6) is 11.5 Å². The monoisotopic (exact) mass is 941 g/mol. The largest absolute Gasteiger partial charge is 0.457 e. The molecule has 0 radical (unpaired) electrons. The van der Waals surface area contributed by atoms with E-state index in [0.717, 1.165) is 39.4 Å². The van der Waals surface area contributed by atoms with Crippen molar-refractivity contribution in [1.82, 2.24) is 9.55 Å². The molecule has 8 aromatic rings. The predicted octanol–water partition coefficient (Wildman–Crippen LogP) is 17.7. The molecule has 0 saturated heterocycles. The summed E-state index contributed by atoms with van der Waals surface area (Å²) in [4.78, 5) is 10.0. The second-order valence-electron chi connectivity index (χ2n) is 25.3. The van der Waals surface area contributed by atoms with Crippen LogP contribution in [0.15, 0.2) is 164 Å². The maximum absolute atomic E-state index is 7.13. The van der Waals surface area contributed by atoms with Crippen LogP contribution in [0, 0.1) is 5.41 Å². The van der Waals surface area contributed by atoms with Gasteiger partial charge in [0.25, 0.3) is 0 Å². The number of nitrogens with zero attached hydrogens (tertiary/aromatic N) is 4. The molecule has 71 heavy (non-hydrogen) atoms. The molecule has 0 fully saturated rings. The molecule has 6 aromatic carbocycles. The molecule has 0 N–H and O–H groups in total. The summed E-state index contributed by atoms with van der Waals surface area (Å²) < 4.78 is 9.46. The Morgan fingerprint density at radius 2 is 0.958 bits per heavy atom. The molecule has 5 nitrogen and oxygen atoms in total. The highest BCUT2D eigenvalue weighted by molar-refractivity contribution is 6.10. The predicted molar refractivity (Wildman–Crippen MR) is 302 cm³/mol. The molecule has 5 heteroatoms. The molecule has 0 saturated carbocycles. The molecule has 0 aliphatic carbocycles. The minimum Gasteiger partial charge on any atom is -0.457 e. The second kappa shape index (κ2) is 17.6. The standard InChI is InChI=1S/C66H76N4O/c1-61(2,3)48-33-49(62(4,5)6)35-51(34-48)68-42-59(64(10,11)12)69(43-68)52-36-50(63(7,8)9)37-54(40-52)71-53-28-29-55-56-38-46(65(13,14)44-23-19-17-20-24-44)27-30-57(56)70(58(55)41-53)60-39-47(31-32-67-60)66(15,16)45-25-21-18-22-26-45/h17-42H,43H2,1-16H3. The molecule has 1 aliphatic heterocycles. The van der Waals surface area contributed by atoms with Crippen molar-refractivity contribution in [2.24, 2.45) is 5.41 Å². The van der Waals surface area contributed by atoms with Crippen LogP contribution < -0.4 is 14.5 Å². The number of hydrogen-bond donors (Lipinski definition) is 0. The molecule has 3 heterocycles. The van der Waals surface area contributed by atoms with Crippen LogP contribution >= 0.6 is 0 Å². The molecule has 1 aliphatic rings. The number of fused-ring (bicyclic) bond motifs is 3. The van der Waals surface area contributed by atoms with Crippen molar-refractivity contribution in [3.63, 3.8) is 0 Å². The first-order valence-electron chi connectivity index (χ1n) is 25.6. The van der Waals surface area contributed by atoms with Gasteiger partial charge in [-0.1, -0.05) is 184 Å². The van der Waals surface area contributed by atoms with Gasteiger partial charge in [-0.3, -0.25) is 4.57 Å². The van der Waals surface area contributed by atoms with E-state index in [-0.39, 0.29) is 32.5 Å². The summed E-state index contributed by atoms with van der Waals surface area (Å²) in [6.45, 7) is 37.6. The van der Waals surface area contributed by atoms with E-state index in [4.69, 9.17) is 9.72 Å². The summed E-state index contributed by atoms with van der Waals surface area (Å²) in [5.41, 5.74) is 14.0. The van der Waals surface area contributed by atoms with Gasteiger partial charge >= 0.3 is 0 Å². The van der Waals surface area contributed by atoms with E-state index in [2.05, 4.69) is 277 Å². The molecule has 0 unspecified atom stereocenters. The first kappa shape index (κ1) is 49.4. The van der Waals surface area contributed by atoms with Gasteiger partial charge in [0, 0.05) is 68.6 Å². The van der Waals surface area contributed by atoms with Gasteiger partial charge in [0.2, 0.25) is 0 Å². The quantitative estimate of drug-likeness (QED) is 0.144. The summed E-state index contributed by atoms with van der Waals surface area (Å²) in [5, 5.41) is 2.33. The highest BCUT2D eigenvalue weighted by atomic mass is 16.5. The van der Waals surface area contributed by atoms with Crippen molar-refractivity contribution in [1.29, 1.82) is 0 Å². The highest BCUT2D eigenvalue weighted by Crippen LogP contribution is 2.45. The van der Waals surface area contributed by atoms with Crippen molar-refractivity contribution in [3.05, 3.63) is 203 Å². The Hall–Kier alpha value is -6.59. The number of benzene rings is 6. The minimum absolute atomic E-state index is 0.0126. The lowest BCUT2D eigenvalue weighted by atomic mass is 9.78. The van der Waals surface area contributed by atoms with E-state index < -0.39 is 0 Å². The molecule has 0 spiro atoms. The zero-order valence-corrected chi connectivity index (χ0v) is 45.4. The molecule has 0 atom stereocenters. The first-order valence-corrected chi connectivity index (χ1v) is 25.6. The van der Waals surface area contributed by atoms with Crippen LogP contribution in [0.4, 0.5) is 11.4 Å². The average molecular weight is 941 g/mol. The fraction of sp³-hybridized carbons (Fsp3) is 0.348. The van der Waals surface area contributed by atoms with Gasteiger partial charge in [-0.25, -0.2) is 4.98 Å². The van der Waals surface area contributed by atoms with E-state index in [9.17, 15) is 0 Å². The summed E-state index contributed by atoms with van der Waals surface area (Å²) in [5.74, 6) is 2.45. The summed E-state index contributed by atoms with van der Waals surface area (Å²) >= 11 is 0. The van der Waals surface area contributed by atoms with Crippen LogP contribution in [0.3, 0.4) is 0 Å². The topological polar surface area (TPSA) is 33.5 Å². The summed E-state index contributed by atoms with van der Waals surface area (Å²) in [6, 6.07) is 53.6. The number of hydrogen-bond acceptors (Lipinski definition) is 4. The SMILES string of the molecule is CC(C)(C)C1=CN(c2cc(C(C)(C)C)cc(C(C)(C)C)c2)CN1c1cc(Oc2ccc3c4cc(C(C)(C)c5ccccc5)ccc4n(-c4cc(C(C)(C)c5ccccc5)ccn4)c3c2)cc(C(C)(C)C)c1. The third-order valence-corrected chi connectivity index (χ3v) is 15.1. The van der Waals surface area contributed by atoms with Gasteiger partial charge in [0.15, 0.2) is 0 Å². The van der Waals surface area contributed by atoms with Crippen molar-refractivity contribution in [3.8, 4) is 17.3 Å². The average Bonchev–Trinajstić information content (AvgIpc) is 3.92. The minimum atomic E-state index is -0.241. The third kappa shape index (κ3) is 9.65. The van der Waals surface area contributed by atoms with Gasteiger partial charge in [-0.15, -0.1) is 0 Å². The lowest BCUT2D eigenvalue weighted by Gasteiger charge is -2.32. The van der Waals surface area contributed by atoms with E-state index in [1.54, 1.807) is 0 Å². The summed E-state index contributed by atoms with van der Waals surface area (Å²) in [7, 11) is 0. The Morgan fingerprint density at radius 3 is 1.52 bits per heavy atom. The van der Waals surface area contributed by atoms with Crippen molar-refractivity contribution >= 4 is 33.2 Å². The van der Waals surface area contributed by atoms with Crippen LogP contribution in [0.1, 0.15) is 150 Å². The van der Waals surface area contributed by atoms with Gasteiger partial charge in [0.1, 0.15) is 17.3 Å². The van der Waals surface area contributed by atoms with E-state index in [1.807, 2.05) is 6.20 Å². The highest BCUT2D eigenvalue weighted by Gasteiger charge is 2.34. The Morgan fingerprint density at radius 1 is 0.408 bits per heavy atom. The zero-order valence-electron chi connectivity index (χ0n) is 45.4. The molecular weight excluding hydrogens is 865 g/mol. The maximum Gasteiger partial charge on any atom is 0.137 e. The van der Waals surface area contributed by atoms with E-state index in [0.29, 0.717) is 6.67 Å². The van der Waals surface area contributed by atoms with E-state index >= 15 is 0 Å². The lowest BCUT2D eigenvalue weighted by Crippen LogP contribution is -2.31. The van der Waals surface area contributed by atoms with Crippen LogP contribution in [-0.2, 0) is 27.1 Å². The Bertz CT molecular complexity index is 3260. The van der Waals surface area contributed by atoms with Crippen LogP contribution in [0.25, 0.3) is 27.6 Å². The molecule has 9 rings (SSSR count). The van der Waals surface area contributed by atoms with Crippen LogP contribution in [0.2, 0.25) is 0 Å². The molecule has 0 bridgehead atoms. The second-order valence-corrected chi connectivity index (χ2v) is 25.3. The fourth-order valence-electron chi connectivity index (χ4n) is 10.1. The molecule has 2 aromatic heterocycles. The maximum atomic E-state index is 7.13. The van der Waals surface area contributed by atoms with Crippen molar-refractivity contribution in [2.45, 2.75) is 138 Å². The molecule has 366 valence electrons. The number of aromatic nitrogens is 2. The number of allylic oxidation sites excluding steroid dienone is 1. The van der Waals surface area contributed by atoms with Gasteiger partial charge in [-0.2, -0.15) is 0 Å². The van der Waals surface area contributed by atoms with Gasteiger partial charge in [-0.05, 0) is 116 Å². The first-order chi connectivity index (χ1) is 33.2. The Labute approximate surface area is 425 Å². The van der Waals surface area contributed by atoms with Crippen molar-refractivity contribution < 1.29 is 4.74 Å². The number of ether oxygens (including phenoxy) is 1. The Kier molecular flexibility index (Phi) is 12.3. The summed E-state index contributed by atoms with van der Waals surface area (Å²) in [6.07, 6.45) is 4.34. The van der Waals surface area contributed by atoms with Crippen LogP contribution in [-0.4, -0.2) is 16.2 Å².